The molecule has 1 unspecified atom stereocenters. The Morgan fingerprint density at radius 3 is 2.69 bits per heavy atom. The first-order valence-electron chi connectivity index (χ1n) is 10.5. The van der Waals surface area contributed by atoms with E-state index >= 15 is 0 Å². The number of nitrogen functional groups attached to an aromatic ring is 1. The lowest BCUT2D eigenvalue weighted by molar-refractivity contribution is -0.137. The van der Waals surface area contributed by atoms with E-state index in [4.69, 9.17) is 19.9 Å². The highest BCUT2D eigenvalue weighted by atomic mass is 32.2. The Hall–Kier alpha value is -3.26. The van der Waals surface area contributed by atoms with Gasteiger partial charge in [-0.2, -0.15) is 26.6 Å². The lowest BCUT2D eigenvalue weighted by Gasteiger charge is -2.29. The van der Waals surface area contributed by atoms with Crippen LogP contribution in [0.15, 0.2) is 29.3 Å². The molecular formula is C21H24F3N5O5S. The van der Waals surface area contributed by atoms with Crippen molar-refractivity contribution in [2.24, 2.45) is 4.99 Å². The summed E-state index contributed by atoms with van der Waals surface area (Å²) < 4.78 is 85.1. The van der Waals surface area contributed by atoms with Gasteiger partial charge in [-0.05, 0) is 30.7 Å². The number of amidine groups is 1. The SMILES string of the molecule is COc1nc2c(cc1OC1CCOC1)C(=N[C@H](C)c1cc(N)cc(C(F)(F)F)c1)NS(=O)(=O)N2C. The number of aromatic nitrogens is 1. The average Bonchev–Trinajstić information content (AvgIpc) is 3.29. The smallest absolute Gasteiger partial charge is 0.416 e. The van der Waals surface area contributed by atoms with Gasteiger partial charge in [-0.15, -0.1) is 0 Å². The minimum atomic E-state index is -4.60. The summed E-state index contributed by atoms with van der Waals surface area (Å²) in [6.07, 6.45) is -4.19. The van der Waals surface area contributed by atoms with Gasteiger partial charge in [0.05, 0.1) is 37.5 Å². The van der Waals surface area contributed by atoms with Crippen LogP contribution in [0.5, 0.6) is 11.6 Å². The lowest BCUT2D eigenvalue weighted by Crippen LogP contribution is -2.47. The number of nitrogens with one attached hydrogen (secondary N) is 1. The molecule has 2 aliphatic rings. The summed E-state index contributed by atoms with van der Waals surface area (Å²) in [5, 5.41) is 0. The molecule has 4 rings (SSSR count). The van der Waals surface area contributed by atoms with Gasteiger partial charge in [-0.1, -0.05) is 0 Å². The molecule has 1 aromatic carbocycles. The van der Waals surface area contributed by atoms with Crippen LogP contribution in [0, 0.1) is 0 Å². The molecule has 0 aliphatic carbocycles. The van der Waals surface area contributed by atoms with Crippen LogP contribution in [0.4, 0.5) is 24.7 Å². The van der Waals surface area contributed by atoms with Crippen LogP contribution in [0.2, 0.25) is 0 Å². The third-order valence-corrected chi connectivity index (χ3v) is 6.90. The van der Waals surface area contributed by atoms with Crippen LogP contribution in [-0.2, 0) is 21.1 Å². The van der Waals surface area contributed by atoms with Crippen LogP contribution in [0.3, 0.4) is 0 Å². The van der Waals surface area contributed by atoms with Gasteiger partial charge in [0.25, 0.3) is 5.88 Å². The zero-order valence-corrected chi connectivity index (χ0v) is 19.9. The lowest BCUT2D eigenvalue weighted by atomic mass is 10.0. The highest BCUT2D eigenvalue weighted by Gasteiger charge is 2.35. The van der Waals surface area contributed by atoms with E-state index in [0.717, 1.165) is 16.4 Å². The second-order valence-corrected chi connectivity index (χ2v) is 9.79. The Morgan fingerprint density at radius 2 is 2.06 bits per heavy atom. The van der Waals surface area contributed by atoms with Gasteiger partial charge in [0, 0.05) is 25.2 Å². The number of hydrogen-bond acceptors (Lipinski definition) is 8. The van der Waals surface area contributed by atoms with E-state index in [-0.39, 0.29) is 46.2 Å². The molecule has 1 saturated heterocycles. The third-order valence-electron chi connectivity index (χ3n) is 5.56. The standard InChI is InChI=1S/C21H24F3N5O5S/c1-11(12-6-13(21(22,23)24)8-14(25)7-12)26-18-16-9-17(34-15-4-5-33-10-15)20(32-3)27-19(16)29(2)35(30,31)28-18/h6-9,11,15H,4-5,10,25H2,1-3H3,(H,26,28)/t11-,15?/m1/s1. The van der Waals surface area contributed by atoms with Gasteiger partial charge in [-0.3, -0.25) is 4.99 Å². The highest BCUT2D eigenvalue weighted by Crippen LogP contribution is 2.37. The molecule has 35 heavy (non-hydrogen) atoms. The average molecular weight is 516 g/mol. The molecule has 0 saturated carbocycles. The van der Waals surface area contributed by atoms with Crippen molar-refractivity contribution in [2.75, 3.05) is 37.4 Å². The van der Waals surface area contributed by atoms with E-state index in [9.17, 15) is 21.6 Å². The normalized spacial score (nSPS) is 21.4. The quantitative estimate of drug-likeness (QED) is 0.586. The van der Waals surface area contributed by atoms with Crippen LogP contribution in [0.25, 0.3) is 0 Å². The minimum Gasteiger partial charge on any atom is -0.482 e. The Morgan fingerprint density at radius 1 is 1.31 bits per heavy atom. The van der Waals surface area contributed by atoms with E-state index in [0.29, 0.717) is 19.6 Å². The van der Waals surface area contributed by atoms with Gasteiger partial charge in [-0.25, -0.2) is 9.03 Å². The molecule has 1 aromatic heterocycles. The van der Waals surface area contributed by atoms with Crippen molar-refractivity contribution in [2.45, 2.75) is 31.7 Å². The minimum absolute atomic E-state index is 0.0186. The molecule has 14 heteroatoms. The first-order valence-corrected chi connectivity index (χ1v) is 12.0. The molecule has 2 atom stereocenters. The summed E-state index contributed by atoms with van der Waals surface area (Å²) in [4.78, 5) is 8.70. The predicted molar refractivity (Wildman–Crippen MR) is 122 cm³/mol. The van der Waals surface area contributed by atoms with Crippen LogP contribution < -0.4 is 24.2 Å². The zero-order valence-electron chi connectivity index (χ0n) is 19.1. The molecule has 1 fully saturated rings. The maximum absolute atomic E-state index is 13.3. The summed E-state index contributed by atoms with van der Waals surface area (Å²) in [5.41, 5.74) is 5.09. The van der Waals surface area contributed by atoms with Crippen molar-refractivity contribution in [3.63, 3.8) is 0 Å². The van der Waals surface area contributed by atoms with E-state index in [1.165, 1.54) is 33.2 Å². The topological polar surface area (TPSA) is 128 Å². The summed E-state index contributed by atoms with van der Waals surface area (Å²) in [6, 6.07) is 3.75. The molecule has 0 spiro atoms. The molecule has 0 bridgehead atoms. The number of ether oxygens (including phenoxy) is 3. The fraction of sp³-hybridized carbons (Fsp3) is 0.429. The first kappa shape index (κ1) is 24.9. The second-order valence-electron chi connectivity index (χ2n) is 8.08. The maximum atomic E-state index is 13.3. The van der Waals surface area contributed by atoms with Gasteiger partial charge < -0.3 is 19.9 Å². The number of aliphatic imine (C=N–C) groups is 1. The Labute approximate surface area is 200 Å². The summed E-state index contributed by atoms with van der Waals surface area (Å²) >= 11 is 0. The van der Waals surface area contributed by atoms with Gasteiger partial charge in [0.1, 0.15) is 11.9 Å². The largest absolute Gasteiger partial charge is 0.482 e. The van der Waals surface area contributed by atoms with Crippen molar-refractivity contribution >= 4 is 27.6 Å². The van der Waals surface area contributed by atoms with Crippen molar-refractivity contribution < 1.29 is 35.8 Å². The Balaban J connectivity index is 1.80. The molecule has 2 aliphatic heterocycles. The number of halogens is 3. The van der Waals surface area contributed by atoms with E-state index in [1.54, 1.807) is 0 Å². The fourth-order valence-electron chi connectivity index (χ4n) is 3.70. The zero-order chi connectivity index (χ0) is 25.5. The first-order chi connectivity index (χ1) is 16.4. The highest BCUT2D eigenvalue weighted by molar-refractivity contribution is 7.91. The number of methoxy groups -OCH3 is 1. The third kappa shape index (κ3) is 5.07. The number of nitrogens with zero attached hydrogens (tertiary/aromatic N) is 3. The van der Waals surface area contributed by atoms with Crippen LogP contribution in [-0.4, -0.2) is 52.7 Å². The molecular weight excluding hydrogens is 491 g/mol. The molecule has 3 heterocycles. The fourth-order valence-corrected chi connectivity index (χ4v) is 4.61. The van der Waals surface area contributed by atoms with Crippen molar-refractivity contribution in [1.82, 2.24) is 9.71 Å². The predicted octanol–water partition coefficient (Wildman–Crippen LogP) is 2.65. The molecule has 190 valence electrons. The number of fused-ring (bicyclic) bond motifs is 1. The van der Waals surface area contributed by atoms with E-state index in [1.807, 2.05) is 0 Å². The molecule has 0 amide bonds. The second kappa shape index (κ2) is 9.07. The number of pyridine rings is 1. The number of alkyl halides is 3. The van der Waals surface area contributed by atoms with Crippen molar-refractivity contribution in [3.05, 3.63) is 41.0 Å². The number of anilines is 2. The molecule has 0 radical (unpaired) electrons. The van der Waals surface area contributed by atoms with Gasteiger partial charge in [0.2, 0.25) is 0 Å². The Kier molecular flexibility index (Phi) is 6.44. The summed E-state index contributed by atoms with van der Waals surface area (Å²) in [7, 11) is -1.41. The number of benzene rings is 1. The van der Waals surface area contributed by atoms with Gasteiger partial charge >= 0.3 is 16.4 Å². The summed E-state index contributed by atoms with van der Waals surface area (Å²) in [6.45, 7) is 2.44. The maximum Gasteiger partial charge on any atom is 0.416 e. The van der Waals surface area contributed by atoms with Crippen LogP contribution >= 0.6 is 0 Å². The van der Waals surface area contributed by atoms with E-state index in [2.05, 4.69) is 14.7 Å². The van der Waals surface area contributed by atoms with Gasteiger partial charge in [0.15, 0.2) is 11.6 Å². The molecule has 2 aromatic rings. The van der Waals surface area contributed by atoms with Crippen LogP contribution in [0.1, 0.15) is 36.1 Å². The van der Waals surface area contributed by atoms with E-state index < -0.39 is 28.0 Å². The number of rotatable bonds is 5. The van der Waals surface area contributed by atoms with Crippen molar-refractivity contribution in [3.8, 4) is 11.6 Å². The number of nitrogens with two attached hydrogens (primary N) is 1. The molecule has 10 nitrogen and oxygen atoms in total. The number of hydrogen-bond donors (Lipinski definition) is 2. The molecule has 3 N–H and O–H groups in total. The van der Waals surface area contributed by atoms with Crippen molar-refractivity contribution in [1.29, 1.82) is 0 Å². The monoisotopic (exact) mass is 515 g/mol. The Bertz CT molecular complexity index is 1260. The summed E-state index contributed by atoms with van der Waals surface area (Å²) in [5.74, 6) is 0.229.